The number of anilines is 1. The van der Waals surface area contributed by atoms with Gasteiger partial charge in [-0.3, -0.25) is 4.79 Å². The van der Waals surface area contributed by atoms with Gasteiger partial charge in [-0.15, -0.1) is 0 Å². The van der Waals surface area contributed by atoms with Crippen LogP contribution in [0.4, 0.5) is 5.69 Å². The maximum atomic E-state index is 13.1. The predicted octanol–water partition coefficient (Wildman–Crippen LogP) is 6.25. The molecule has 0 radical (unpaired) electrons. The highest BCUT2D eigenvalue weighted by Crippen LogP contribution is 2.46. The molecule has 4 aromatic carbocycles. The van der Waals surface area contributed by atoms with Gasteiger partial charge in [0.25, 0.3) is 0 Å². The number of carbonyl (C=O) groups excluding carboxylic acids is 1. The fourth-order valence-corrected chi connectivity index (χ4v) is 6.28. The Kier molecular flexibility index (Phi) is 4.68. The normalized spacial score (nSPS) is 14.9. The average Bonchev–Trinajstić information content (AvgIpc) is 2.92. The van der Waals surface area contributed by atoms with Crippen LogP contribution >= 0.6 is 0 Å². The van der Waals surface area contributed by atoms with Crippen molar-refractivity contribution in [2.45, 2.75) is 25.7 Å². The van der Waals surface area contributed by atoms with Crippen molar-refractivity contribution in [2.75, 3.05) is 25.1 Å². The van der Waals surface area contributed by atoms with Crippen LogP contribution in [0.3, 0.4) is 0 Å². The summed E-state index contributed by atoms with van der Waals surface area (Å²) >= 11 is 0. The lowest BCUT2D eigenvalue weighted by Gasteiger charge is -2.37. The second kappa shape index (κ2) is 7.95. The molecule has 5 heteroatoms. The summed E-state index contributed by atoms with van der Waals surface area (Å²) in [5.41, 5.74) is 7.37. The van der Waals surface area contributed by atoms with Gasteiger partial charge in [0.15, 0.2) is 5.43 Å². The first-order chi connectivity index (χ1) is 17.7. The molecule has 0 aliphatic carbocycles. The number of hydrogen-bond donors (Lipinski definition) is 0. The Balaban J connectivity index is 1.73. The molecule has 0 unspecified atom stereocenters. The summed E-state index contributed by atoms with van der Waals surface area (Å²) in [4.78, 5) is 28.4. The molecular formula is C31H25NO4. The average molecular weight is 476 g/mol. The van der Waals surface area contributed by atoms with E-state index >= 15 is 0 Å². The van der Waals surface area contributed by atoms with Crippen LogP contribution in [-0.2, 0) is 17.6 Å². The topological polar surface area (TPSA) is 59.8 Å². The molecule has 7 rings (SSSR count). The highest BCUT2D eigenvalue weighted by atomic mass is 16.5. The zero-order chi connectivity index (χ0) is 24.4. The lowest BCUT2D eigenvalue weighted by Crippen LogP contribution is -2.34. The third-order valence-corrected chi connectivity index (χ3v) is 7.78. The molecule has 5 aromatic rings. The number of aryl methyl sites for hydroxylation is 2. The van der Waals surface area contributed by atoms with Gasteiger partial charge in [-0.25, -0.2) is 4.79 Å². The highest BCUT2D eigenvalue weighted by molar-refractivity contribution is 6.18. The van der Waals surface area contributed by atoms with Crippen molar-refractivity contribution in [3.8, 4) is 11.1 Å². The lowest BCUT2D eigenvalue weighted by atomic mass is 9.86. The van der Waals surface area contributed by atoms with Crippen LogP contribution in [0.15, 0.2) is 69.9 Å². The Morgan fingerprint density at radius 1 is 0.917 bits per heavy atom. The van der Waals surface area contributed by atoms with Crippen molar-refractivity contribution in [3.05, 3.63) is 87.6 Å². The third-order valence-electron chi connectivity index (χ3n) is 7.78. The quantitative estimate of drug-likeness (QED) is 0.172. The molecule has 0 saturated heterocycles. The second-order valence-corrected chi connectivity index (χ2v) is 9.74. The fourth-order valence-electron chi connectivity index (χ4n) is 6.28. The molecular weight excluding hydrogens is 450 g/mol. The molecule has 2 aliphatic rings. The Bertz CT molecular complexity index is 1780. The summed E-state index contributed by atoms with van der Waals surface area (Å²) < 4.78 is 11.9. The van der Waals surface area contributed by atoms with Gasteiger partial charge in [0.2, 0.25) is 0 Å². The van der Waals surface area contributed by atoms with E-state index in [1.54, 1.807) is 18.2 Å². The van der Waals surface area contributed by atoms with E-state index in [0.29, 0.717) is 16.5 Å². The standard InChI is InChI=1S/C31H25NO4/c1-35-31(34)21-10-3-2-9-20(21)27-22-14-13-18-7-4-12-25(33)26(18)30(22)36-29-23-11-6-16-32-15-5-8-19(28(23)32)17-24(27)29/h2-4,7,9-10,12-14,17H,5-6,8,11,15-16H2,1H3. The van der Waals surface area contributed by atoms with Gasteiger partial charge in [0, 0.05) is 40.7 Å². The van der Waals surface area contributed by atoms with E-state index in [2.05, 4.69) is 11.0 Å². The summed E-state index contributed by atoms with van der Waals surface area (Å²) in [5, 5.41) is 3.23. The number of esters is 1. The van der Waals surface area contributed by atoms with Crippen LogP contribution in [0.25, 0.3) is 43.8 Å². The van der Waals surface area contributed by atoms with Gasteiger partial charge in [-0.2, -0.15) is 0 Å². The molecule has 0 spiro atoms. The zero-order valence-electron chi connectivity index (χ0n) is 20.1. The highest BCUT2D eigenvalue weighted by Gasteiger charge is 2.29. The van der Waals surface area contributed by atoms with Gasteiger partial charge < -0.3 is 14.1 Å². The third kappa shape index (κ3) is 2.95. The molecule has 3 heterocycles. The Morgan fingerprint density at radius 3 is 2.61 bits per heavy atom. The largest absolute Gasteiger partial charge is 0.465 e. The Labute approximate surface area is 207 Å². The summed E-state index contributed by atoms with van der Waals surface area (Å²) in [6, 6.07) is 19.1. The fraction of sp³-hybridized carbons (Fsp3) is 0.226. The van der Waals surface area contributed by atoms with Crippen molar-refractivity contribution in [1.82, 2.24) is 0 Å². The first kappa shape index (κ1) is 21.2. The molecule has 178 valence electrons. The van der Waals surface area contributed by atoms with E-state index in [9.17, 15) is 9.59 Å². The Morgan fingerprint density at radius 2 is 1.75 bits per heavy atom. The summed E-state index contributed by atoms with van der Waals surface area (Å²) in [6.07, 6.45) is 4.14. The SMILES string of the molecule is COC(=O)c1ccccc1-c1c2cc3c4c(c2oc2c1ccc1cccc(=O)c12)CCCN4CCC3. The van der Waals surface area contributed by atoms with E-state index in [4.69, 9.17) is 9.15 Å². The Hall–Kier alpha value is -4.12. The number of methoxy groups -OCH3 is 1. The van der Waals surface area contributed by atoms with E-state index in [1.807, 2.05) is 36.4 Å². The number of benzene rings is 4. The lowest BCUT2D eigenvalue weighted by molar-refractivity contribution is 0.0601. The molecule has 5 nitrogen and oxygen atoms in total. The number of carbonyl (C=O) groups is 1. The minimum Gasteiger partial charge on any atom is -0.465 e. The van der Waals surface area contributed by atoms with Crippen LogP contribution in [0.2, 0.25) is 0 Å². The van der Waals surface area contributed by atoms with Crippen molar-refractivity contribution in [3.63, 3.8) is 0 Å². The van der Waals surface area contributed by atoms with Gasteiger partial charge in [0.05, 0.1) is 18.1 Å². The maximum Gasteiger partial charge on any atom is 0.338 e. The van der Waals surface area contributed by atoms with Crippen LogP contribution in [0.1, 0.15) is 34.3 Å². The molecule has 1 aromatic heterocycles. The molecule has 0 saturated carbocycles. The number of rotatable bonds is 2. The second-order valence-electron chi connectivity index (χ2n) is 9.74. The van der Waals surface area contributed by atoms with Gasteiger partial charge >= 0.3 is 5.97 Å². The summed E-state index contributed by atoms with van der Waals surface area (Å²) in [6.45, 7) is 2.12. The number of fused-ring (bicyclic) bond motifs is 5. The first-order valence-electron chi connectivity index (χ1n) is 12.6. The minimum atomic E-state index is -0.386. The molecule has 36 heavy (non-hydrogen) atoms. The zero-order valence-corrected chi connectivity index (χ0v) is 20.1. The molecule has 0 amide bonds. The molecule has 0 atom stereocenters. The van der Waals surface area contributed by atoms with Gasteiger partial charge in [0.1, 0.15) is 11.2 Å². The van der Waals surface area contributed by atoms with Crippen molar-refractivity contribution in [2.24, 2.45) is 0 Å². The van der Waals surface area contributed by atoms with Crippen LogP contribution in [0.5, 0.6) is 0 Å². The molecule has 0 fully saturated rings. The molecule has 0 bridgehead atoms. The van der Waals surface area contributed by atoms with E-state index < -0.39 is 0 Å². The van der Waals surface area contributed by atoms with Gasteiger partial charge in [-0.05, 0) is 66.5 Å². The first-order valence-corrected chi connectivity index (χ1v) is 12.6. The van der Waals surface area contributed by atoms with E-state index in [0.717, 1.165) is 71.6 Å². The van der Waals surface area contributed by atoms with Crippen molar-refractivity contribution >= 4 is 44.4 Å². The van der Waals surface area contributed by atoms with Crippen molar-refractivity contribution < 1.29 is 13.9 Å². The number of ether oxygens (including phenoxy) is 1. The van der Waals surface area contributed by atoms with Crippen LogP contribution in [-0.4, -0.2) is 26.2 Å². The van der Waals surface area contributed by atoms with Crippen molar-refractivity contribution in [1.29, 1.82) is 0 Å². The number of hydrogen-bond acceptors (Lipinski definition) is 5. The number of nitrogens with zero attached hydrogens (tertiary/aromatic N) is 1. The van der Waals surface area contributed by atoms with E-state index in [-0.39, 0.29) is 11.4 Å². The maximum absolute atomic E-state index is 13.1. The molecule has 2 aliphatic heterocycles. The summed E-state index contributed by atoms with van der Waals surface area (Å²) in [7, 11) is 1.40. The predicted molar refractivity (Wildman–Crippen MR) is 143 cm³/mol. The minimum absolute atomic E-state index is 0.0679. The van der Waals surface area contributed by atoms with Crippen LogP contribution < -0.4 is 10.3 Å². The van der Waals surface area contributed by atoms with E-state index in [1.165, 1.54) is 23.9 Å². The van der Waals surface area contributed by atoms with Gasteiger partial charge in [-0.1, -0.05) is 36.4 Å². The smallest absolute Gasteiger partial charge is 0.338 e. The molecule has 0 N–H and O–H groups in total. The summed E-state index contributed by atoms with van der Waals surface area (Å²) in [5.74, 6) is -0.386. The van der Waals surface area contributed by atoms with Crippen LogP contribution in [0, 0.1) is 0 Å². The monoisotopic (exact) mass is 475 g/mol.